The number of rotatable bonds is 7. The molecule has 1 fully saturated rings. The van der Waals surface area contributed by atoms with Crippen molar-refractivity contribution in [2.75, 3.05) is 38.6 Å². The molecule has 0 spiro atoms. The van der Waals surface area contributed by atoms with E-state index in [9.17, 15) is 14.4 Å². The number of likely N-dealkylation sites (tertiary alicyclic amines) is 1. The first kappa shape index (κ1) is 23.7. The monoisotopic (exact) mass is 417 g/mol. The highest BCUT2D eigenvalue weighted by molar-refractivity contribution is 5.96. The molecule has 1 aromatic rings. The number of hydrogen-bond donors (Lipinski definition) is 1. The summed E-state index contributed by atoms with van der Waals surface area (Å²) in [4.78, 5) is 41.9. The minimum absolute atomic E-state index is 0.0194. The van der Waals surface area contributed by atoms with E-state index in [1.54, 1.807) is 29.0 Å². The molecule has 166 valence electrons. The fraction of sp³-hybridized carbons (Fsp3) is 0.609. The molecule has 1 heterocycles. The van der Waals surface area contributed by atoms with Crippen molar-refractivity contribution >= 4 is 23.4 Å². The van der Waals surface area contributed by atoms with Gasteiger partial charge in [0.05, 0.1) is 25.3 Å². The van der Waals surface area contributed by atoms with Gasteiger partial charge < -0.3 is 19.9 Å². The van der Waals surface area contributed by atoms with E-state index < -0.39 is 5.41 Å². The highest BCUT2D eigenvalue weighted by atomic mass is 16.5. The number of carbonyl (C=O) groups excluding carboxylic acids is 3. The number of ether oxygens (including phenoxy) is 1. The molecule has 0 aromatic heterocycles. The molecule has 0 radical (unpaired) electrons. The topological polar surface area (TPSA) is 79.0 Å². The van der Waals surface area contributed by atoms with Crippen molar-refractivity contribution in [3.63, 3.8) is 0 Å². The van der Waals surface area contributed by atoms with Crippen LogP contribution in [-0.4, -0.2) is 60.8 Å². The van der Waals surface area contributed by atoms with Crippen LogP contribution in [0.4, 0.5) is 5.69 Å². The molecule has 3 amide bonds. The molecule has 1 atom stereocenters. The first-order valence-electron chi connectivity index (χ1n) is 10.7. The number of carbonyl (C=O) groups is 3. The summed E-state index contributed by atoms with van der Waals surface area (Å²) in [7, 11) is 1.55. The van der Waals surface area contributed by atoms with Crippen LogP contribution in [0.1, 0.15) is 47.0 Å². The lowest BCUT2D eigenvalue weighted by atomic mass is 9.90. The lowest BCUT2D eigenvalue weighted by molar-refractivity contribution is -0.146. The standard InChI is InChI=1S/C23H35N3O4/c1-6-13-25(16-20(27)24-18-11-7-8-12-19(18)30-5)21(28)17-10-9-14-26(15-17)22(29)23(2,3)4/h7-8,11-12,17H,6,9-10,13-16H2,1-5H3,(H,24,27). The smallest absolute Gasteiger partial charge is 0.244 e. The number of hydrogen-bond acceptors (Lipinski definition) is 4. The number of para-hydroxylation sites is 2. The molecule has 1 N–H and O–H groups in total. The van der Waals surface area contributed by atoms with Crippen LogP contribution in [0.3, 0.4) is 0 Å². The van der Waals surface area contributed by atoms with Gasteiger partial charge in [0, 0.05) is 25.0 Å². The van der Waals surface area contributed by atoms with Gasteiger partial charge in [-0.3, -0.25) is 14.4 Å². The van der Waals surface area contributed by atoms with Gasteiger partial charge in [-0.15, -0.1) is 0 Å². The molecule has 1 unspecified atom stereocenters. The van der Waals surface area contributed by atoms with Gasteiger partial charge >= 0.3 is 0 Å². The molecular formula is C23H35N3O4. The average molecular weight is 418 g/mol. The SMILES string of the molecule is CCCN(CC(=O)Nc1ccccc1OC)C(=O)C1CCCN(C(=O)C(C)(C)C)C1. The summed E-state index contributed by atoms with van der Waals surface area (Å²) in [6, 6.07) is 7.18. The molecule has 0 bridgehead atoms. The van der Waals surface area contributed by atoms with E-state index >= 15 is 0 Å². The van der Waals surface area contributed by atoms with Crippen LogP contribution in [0.25, 0.3) is 0 Å². The molecule has 1 aromatic carbocycles. The Labute approximate surface area is 179 Å². The second-order valence-corrected chi connectivity index (χ2v) is 8.85. The van der Waals surface area contributed by atoms with Gasteiger partial charge in [0.1, 0.15) is 5.75 Å². The second-order valence-electron chi connectivity index (χ2n) is 8.85. The maximum absolute atomic E-state index is 13.2. The number of nitrogens with zero attached hydrogens (tertiary/aromatic N) is 2. The van der Waals surface area contributed by atoms with Gasteiger partial charge in [0.2, 0.25) is 17.7 Å². The Kier molecular flexibility index (Phi) is 8.26. The quantitative estimate of drug-likeness (QED) is 0.739. The van der Waals surface area contributed by atoms with E-state index in [-0.39, 0.29) is 30.2 Å². The normalized spacial score (nSPS) is 16.7. The molecule has 1 aliphatic rings. The van der Waals surface area contributed by atoms with E-state index in [2.05, 4.69) is 5.32 Å². The number of piperidine rings is 1. The Morgan fingerprint density at radius 3 is 2.57 bits per heavy atom. The van der Waals surface area contributed by atoms with Crippen molar-refractivity contribution in [3.8, 4) is 5.75 Å². The summed E-state index contributed by atoms with van der Waals surface area (Å²) in [5.74, 6) is 0.0487. The number of methoxy groups -OCH3 is 1. The van der Waals surface area contributed by atoms with Crippen LogP contribution in [0.15, 0.2) is 24.3 Å². The van der Waals surface area contributed by atoms with Crippen LogP contribution in [-0.2, 0) is 14.4 Å². The third kappa shape index (κ3) is 6.21. The van der Waals surface area contributed by atoms with Crippen LogP contribution in [0.5, 0.6) is 5.75 Å². The highest BCUT2D eigenvalue weighted by Gasteiger charge is 2.35. The predicted molar refractivity (Wildman–Crippen MR) is 117 cm³/mol. The molecular weight excluding hydrogens is 382 g/mol. The summed E-state index contributed by atoms with van der Waals surface area (Å²) in [5.41, 5.74) is 0.108. The van der Waals surface area contributed by atoms with Crippen molar-refractivity contribution in [2.45, 2.75) is 47.0 Å². The van der Waals surface area contributed by atoms with E-state index in [4.69, 9.17) is 4.74 Å². The Bertz CT molecular complexity index is 757. The zero-order valence-corrected chi connectivity index (χ0v) is 18.9. The first-order chi connectivity index (χ1) is 14.2. The van der Waals surface area contributed by atoms with E-state index in [0.29, 0.717) is 31.1 Å². The van der Waals surface area contributed by atoms with Crippen molar-refractivity contribution in [2.24, 2.45) is 11.3 Å². The number of anilines is 1. The lowest BCUT2D eigenvalue weighted by Crippen LogP contribution is -2.50. The number of amides is 3. The van der Waals surface area contributed by atoms with Crippen molar-refractivity contribution in [1.82, 2.24) is 9.80 Å². The molecule has 0 aliphatic carbocycles. The fourth-order valence-electron chi connectivity index (χ4n) is 3.74. The summed E-state index contributed by atoms with van der Waals surface area (Å²) < 4.78 is 5.27. The minimum Gasteiger partial charge on any atom is -0.495 e. The summed E-state index contributed by atoms with van der Waals surface area (Å²) in [6.45, 7) is 9.25. The zero-order chi connectivity index (χ0) is 22.3. The van der Waals surface area contributed by atoms with E-state index in [1.165, 1.54) is 0 Å². The third-order valence-corrected chi connectivity index (χ3v) is 5.22. The van der Waals surface area contributed by atoms with Crippen LogP contribution in [0, 0.1) is 11.3 Å². The average Bonchev–Trinajstić information content (AvgIpc) is 2.72. The minimum atomic E-state index is -0.470. The Morgan fingerprint density at radius 1 is 1.23 bits per heavy atom. The van der Waals surface area contributed by atoms with E-state index in [0.717, 1.165) is 19.3 Å². The van der Waals surface area contributed by atoms with Gasteiger partial charge in [0.25, 0.3) is 0 Å². The molecule has 30 heavy (non-hydrogen) atoms. The predicted octanol–water partition coefficient (Wildman–Crippen LogP) is 3.16. The first-order valence-corrected chi connectivity index (χ1v) is 10.7. The molecule has 2 rings (SSSR count). The Hall–Kier alpha value is -2.57. The maximum atomic E-state index is 13.2. The number of nitrogens with one attached hydrogen (secondary N) is 1. The summed E-state index contributed by atoms with van der Waals surface area (Å²) >= 11 is 0. The number of benzene rings is 1. The van der Waals surface area contributed by atoms with Gasteiger partial charge in [0.15, 0.2) is 0 Å². The van der Waals surface area contributed by atoms with Gasteiger partial charge in [-0.25, -0.2) is 0 Å². The third-order valence-electron chi connectivity index (χ3n) is 5.22. The molecule has 1 aliphatic heterocycles. The molecule has 7 nitrogen and oxygen atoms in total. The maximum Gasteiger partial charge on any atom is 0.244 e. The molecule has 7 heteroatoms. The van der Waals surface area contributed by atoms with Crippen LogP contribution in [0.2, 0.25) is 0 Å². The fourth-order valence-corrected chi connectivity index (χ4v) is 3.74. The Morgan fingerprint density at radius 2 is 1.93 bits per heavy atom. The van der Waals surface area contributed by atoms with Crippen LogP contribution >= 0.6 is 0 Å². The van der Waals surface area contributed by atoms with Crippen molar-refractivity contribution < 1.29 is 19.1 Å². The van der Waals surface area contributed by atoms with Crippen LogP contribution < -0.4 is 10.1 Å². The second kappa shape index (κ2) is 10.5. The van der Waals surface area contributed by atoms with Gasteiger partial charge in [-0.2, -0.15) is 0 Å². The largest absolute Gasteiger partial charge is 0.495 e. The van der Waals surface area contributed by atoms with E-state index in [1.807, 2.05) is 39.8 Å². The van der Waals surface area contributed by atoms with Gasteiger partial charge in [-0.1, -0.05) is 39.8 Å². The van der Waals surface area contributed by atoms with Crippen molar-refractivity contribution in [3.05, 3.63) is 24.3 Å². The zero-order valence-electron chi connectivity index (χ0n) is 18.9. The summed E-state index contributed by atoms with van der Waals surface area (Å²) in [5, 5.41) is 2.83. The lowest BCUT2D eigenvalue weighted by Gasteiger charge is -2.37. The highest BCUT2D eigenvalue weighted by Crippen LogP contribution is 2.25. The Balaban J connectivity index is 2.04. The molecule has 1 saturated heterocycles. The van der Waals surface area contributed by atoms with Gasteiger partial charge in [-0.05, 0) is 31.4 Å². The summed E-state index contributed by atoms with van der Waals surface area (Å²) in [6.07, 6.45) is 2.29. The molecule has 0 saturated carbocycles. The van der Waals surface area contributed by atoms with Crippen molar-refractivity contribution in [1.29, 1.82) is 0 Å².